The van der Waals surface area contributed by atoms with E-state index in [0.717, 1.165) is 18.1 Å². The number of hydrogen-bond acceptors (Lipinski definition) is 5. The van der Waals surface area contributed by atoms with E-state index in [9.17, 15) is 0 Å². The lowest BCUT2D eigenvalue weighted by Crippen LogP contribution is -2.32. The predicted molar refractivity (Wildman–Crippen MR) is 68.9 cm³/mol. The van der Waals surface area contributed by atoms with Gasteiger partial charge in [0.2, 0.25) is 5.95 Å². The van der Waals surface area contributed by atoms with Gasteiger partial charge in [-0.1, -0.05) is 0 Å². The third-order valence-electron chi connectivity index (χ3n) is 2.84. The molecule has 0 bridgehead atoms. The van der Waals surface area contributed by atoms with Gasteiger partial charge in [-0.25, -0.2) is 9.97 Å². The Bertz CT molecular complexity index is 321. The van der Waals surface area contributed by atoms with E-state index in [1.54, 1.807) is 0 Å². The van der Waals surface area contributed by atoms with E-state index >= 15 is 0 Å². The summed E-state index contributed by atoms with van der Waals surface area (Å²) in [5.74, 6) is 3.29. The van der Waals surface area contributed by atoms with Crippen LogP contribution in [-0.2, 0) is 6.54 Å². The lowest BCUT2D eigenvalue weighted by atomic mass is 10.2. The van der Waals surface area contributed by atoms with E-state index in [1.807, 2.05) is 31.2 Å². The van der Waals surface area contributed by atoms with Crippen LogP contribution in [-0.4, -0.2) is 41.6 Å². The summed E-state index contributed by atoms with van der Waals surface area (Å²) in [6.45, 7) is 0.823. The van der Waals surface area contributed by atoms with Gasteiger partial charge in [0.25, 0.3) is 0 Å². The first-order valence-electron chi connectivity index (χ1n) is 5.57. The molecule has 88 valence electrons. The van der Waals surface area contributed by atoms with Crippen molar-refractivity contribution in [2.45, 2.75) is 19.0 Å². The van der Waals surface area contributed by atoms with Crippen LogP contribution in [0, 0.1) is 0 Å². The molecule has 0 saturated carbocycles. The largest absolute Gasteiger partial charge is 0.340 e. The highest BCUT2D eigenvalue weighted by molar-refractivity contribution is 7.99. The Hall–Kier alpha value is -0.810. The van der Waals surface area contributed by atoms with Gasteiger partial charge in [-0.2, -0.15) is 11.8 Å². The number of thioether (sulfide) groups is 1. The molecule has 0 amide bonds. The molecule has 1 atom stereocenters. The average Bonchev–Trinajstić information content (AvgIpc) is 2.83. The molecule has 1 fully saturated rings. The summed E-state index contributed by atoms with van der Waals surface area (Å²) in [7, 11) is 4.01. The number of hydrogen-bond donors (Lipinski definition) is 1. The molecule has 1 unspecified atom stereocenters. The topological polar surface area (TPSA) is 41.1 Å². The van der Waals surface area contributed by atoms with Crippen LogP contribution in [0.15, 0.2) is 12.4 Å². The highest BCUT2D eigenvalue weighted by atomic mass is 32.2. The van der Waals surface area contributed by atoms with Crippen LogP contribution in [0.2, 0.25) is 0 Å². The van der Waals surface area contributed by atoms with Gasteiger partial charge in [-0.05, 0) is 19.2 Å². The van der Waals surface area contributed by atoms with Crippen LogP contribution in [0.5, 0.6) is 0 Å². The quantitative estimate of drug-likeness (QED) is 0.852. The van der Waals surface area contributed by atoms with Crippen molar-refractivity contribution in [1.29, 1.82) is 0 Å². The van der Waals surface area contributed by atoms with E-state index in [1.165, 1.54) is 17.9 Å². The maximum Gasteiger partial charge on any atom is 0.225 e. The molecule has 4 nitrogen and oxygen atoms in total. The average molecular weight is 238 g/mol. The van der Waals surface area contributed by atoms with Crippen LogP contribution in [0.1, 0.15) is 12.0 Å². The van der Waals surface area contributed by atoms with Crippen molar-refractivity contribution in [3.63, 3.8) is 0 Å². The molecule has 1 saturated heterocycles. The van der Waals surface area contributed by atoms with Crippen molar-refractivity contribution in [3.05, 3.63) is 18.0 Å². The number of nitrogens with one attached hydrogen (secondary N) is 1. The van der Waals surface area contributed by atoms with E-state index < -0.39 is 0 Å². The van der Waals surface area contributed by atoms with Gasteiger partial charge in [0.05, 0.1) is 0 Å². The summed E-state index contributed by atoms with van der Waals surface area (Å²) in [6.07, 6.45) is 5.04. The minimum absolute atomic E-state index is 0.597. The molecular formula is C11H18N4S. The number of rotatable bonds is 4. The van der Waals surface area contributed by atoms with Gasteiger partial charge >= 0.3 is 0 Å². The Morgan fingerprint density at radius 3 is 2.81 bits per heavy atom. The van der Waals surface area contributed by atoms with Crippen LogP contribution >= 0.6 is 11.8 Å². The van der Waals surface area contributed by atoms with Crippen LogP contribution in [0.4, 0.5) is 5.95 Å². The van der Waals surface area contributed by atoms with Crippen LogP contribution in [0.25, 0.3) is 0 Å². The van der Waals surface area contributed by atoms with E-state index in [-0.39, 0.29) is 0 Å². The van der Waals surface area contributed by atoms with Gasteiger partial charge in [0, 0.05) is 43.3 Å². The van der Waals surface area contributed by atoms with Crippen molar-refractivity contribution in [3.8, 4) is 0 Å². The van der Waals surface area contributed by atoms with E-state index in [2.05, 4.69) is 27.2 Å². The first kappa shape index (κ1) is 11.7. The molecule has 0 aromatic carbocycles. The zero-order valence-electron chi connectivity index (χ0n) is 9.81. The van der Waals surface area contributed by atoms with Crippen molar-refractivity contribution in [1.82, 2.24) is 15.3 Å². The first-order valence-corrected chi connectivity index (χ1v) is 6.73. The second kappa shape index (κ2) is 5.50. The summed E-state index contributed by atoms with van der Waals surface area (Å²) in [6, 6.07) is 0.597. The van der Waals surface area contributed by atoms with E-state index in [4.69, 9.17) is 0 Å². The molecule has 1 aromatic heterocycles. The highest BCUT2D eigenvalue weighted by Crippen LogP contribution is 2.23. The summed E-state index contributed by atoms with van der Waals surface area (Å²) < 4.78 is 0. The predicted octanol–water partition coefficient (Wildman–Crippen LogP) is 1.14. The van der Waals surface area contributed by atoms with Gasteiger partial charge in [-0.3, -0.25) is 0 Å². The van der Waals surface area contributed by atoms with Gasteiger partial charge in [0.1, 0.15) is 0 Å². The highest BCUT2D eigenvalue weighted by Gasteiger charge is 2.21. The molecule has 0 radical (unpaired) electrons. The second-order valence-corrected chi connectivity index (χ2v) is 5.20. The maximum atomic E-state index is 4.41. The summed E-state index contributed by atoms with van der Waals surface area (Å²) in [5.41, 5.74) is 1.13. The minimum Gasteiger partial charge on any atom is -0.340 e. The molecule has 2 heterocycles. The molecule has 0 aliphatic carbocycles. The zero-order chi connectivity index (χ0) is 11.4. The van der Waals surface area contributed by atoms with Crippen molar-refractivity contribution in [2.75, 3.05) is 30.5 Å². The number of nitrogens with zero attached hydrogens (tertiary/aromatic N) is 3. The van der Waals surface area contributed by atoms with Crippen molar-refractivity contribution < 1.29 is 0 Å². The third kappa shape index (κ3) is 2.65. The van der Waals surface area contributed by atoms with Gasteiger partial charge < -0.3 is 10.2 Å². The maximum absolute atomic E-state index is 4.41. The van der Waals surface area contributed by atoms with Crippen molar-refractivity contribution >= 4 is 17.7 Å². The van der Waals surface area contributed by atoms with Gasteiger partial charge in [0.15, 0.2) is 0 Å². The molecule has 1 aromatic rings. The number of aromatic nitrogens is 2. The minimum atomic E-state index is 0.597. The lowest BCUT2D eigenvalue weighted by Gasteiger charge is -2.23. The Balaban J connectivity index is 2.02. The van der Waals surface area contributed by atoms with Crippen LogP contribution in [0.3, 0.4) is 0 Å². The monoisotopic (exact) mass is 238 g/mol. The smallest absolute Gasteiger partial charge is 0.225 e. The molecule has 5 heteroatoms. The lowest BCUT2D eigenvalue weighted by molar-refractivity contribution is 0.679. The summed E-state index contributed by atoms with van der Waals surface area (Å²) >= 11 is 2.01. The molecule has 1 aliphatic rings. The Morgan fingerprint density at radius 1 is 1.50 bits per heavy atom. The Kier molecular flexibility index (Phi) is 4.01. The standard InChI is InChI=1S/C11H18N4S/c1-12-5-9-6-13-11(14-7-9)15(2)10-3-4-16-8-10/h6-7,10,12H,3-5,8H2,1-2H3. The summed E-state index contributed by atoms with van der Waals surface area (Å²) in [5, 5.41) is 3.09. The SMILES string of the molecule is CNCc1cnc(N(C)C2CCSC2)nc1. The Morgan fingerprint density at radius 2 is 2.25 bits per heavy atom. The van der Waals surface area contributed by atoms with Crippen molar-refractivity contribution in [2.24, 2.45) is 0 Å². The fourth-order valence-electron chi connectivity index (χ4n) is 1.82. The third-order valence-corrected chi connectivity index (χ3v) is 3.99. The van der Waals surface area contributed by atoms with E-state index in [0.29, 0.717) is 6.04 Å². The normalized spacial score (nSPS) is 20.0. The zero-order valence-corrected chi connectivity index (χ0v) is 10.6. The van der Waals surface area contributed by atoms with Gasteiger partial charge in [-0.15, -0.1) is 0 Å². The fourth-order valence-corrected chi connectivity index (χ4v) is 3.08. The second-order valence-electron chi connectivity index (χ2n) is 4.05. The number of anilines is 1. The summed E-state index contributed by atoms with van der Waals surface area (Å²) in [4.78, 5) is 11.0. The molecule has 2 rings (SSSR count). The molecular weight excluding hydrogens is 220 g/mol. The molecule has 16 heavy (non-hydrogen) atoms. The Labute approximate surface area is 101 Å². The fraction of sp³-hybridized carbons (Fsp3) is 0.636. The van der Waals surface area contributed by atoms with Crippen LogP contribution < -0.4 is 10.2 Å². The molecule has 1 N–H and O–H groups in total. The molecule has 0 spiro atoms. The first-order chi connectivity index (χ1) is 7.81. The molecule has 1 aliphatic heterocycles.